The number of anilines is 1. The highest BCUT2D eigenvalue weighted by Gasteiger charge is 2.38. The fourth-order valence-electron chi connectivity index (χ4n) is 4.31. The zero-order valence-electron chi connectivity index (χ0n) is 16.2. The molecule has 8 nitrogen and oxygen atoms in total. The number of nitro groups is 1. The average Bonchev–Trinajstić information content (AvgIpc) is 3.29. The highest BCUT2D eigenvalue weighted by molar-refractivity contribution is 7.19. The van der Waals surface area contributed by atoms with E-state index in [2.05, 4.69) is 10.3 Å². The number of non-ortho nitro benzene ring substituents is 1. The van der Waals surface area contributed by atoms with Crippen LogP contribution >= 0.6 is 22.9 Å². The molecule has 30 heavy (non-hydrogen) atoms. The third kappa shape index (κ3) is 4.32. The van der Waals surface area contributed by atoms with Crippen LogP contribution in [0.1, 0.15) is 54.4 Å². The maximum absolute atomic E-state index is 13.2. The predicted octanol–water partition coefficient (Wildman–Crippen LogP) is 4.64. The maximum Gasteiger partial charge on any atom is 0.269 e. The van der Waals surface area contributed by atoms with E-state index in [9.17, 15) is 19.7 Å². The first-order valence-electron chi connectivity index (χ1n) is 9.93. The van der Waals surface area contributed by atoms with Crippen LogP contribution in [0.4, 0.5) is 10.8 Å². The summed E-state index contributed by atoms with van der Waals surface area (Å²) >= 11 is 7.08. The van der Waals surface area contributed by atoms with Crippen LogP contribution in [-0.4, -0.2) is 32.7 Å². The number of carbonyl (C=O) groups is 2. The summed E-state index contributed by atoms with van der Waals surface area (Å²) in [6.07, 6.45) is 7.55. The quantitative estimate of drug-likeness (QED) is 0.512. The van der Waals surface area contributed by atoms with Crippen LogP contribution in [-0.2, 0) is 11.3 Å². The van der Waals surface area contributed by atoms with Crippen molar-refractivity contribution in [2.45, 2.75) is 51.1 Å². The standard InChI is InChI=1S/C20H21ClN4O4S/c21-17-10-22-20(30-17)23-18(26)16(8-12-4-2-1-3-5-12)24-11-13-9-14(25(28)29)6-7-15(13)19(24)27/h6-7,9-10,12,16H,1-5,8,11H2,(H,22,23,26). The largest absolute Gasteiger partial charge is 0.322 e. The molecule has 1 aliphatic carbocycles. The predicted molar refractivity (Wildman–Crippen MR) is 114 cm³/mol. The lowest BCUT2D eigenvalue weighted by Crippen LogP contribution is -2.45. The first kappa shape index (κ1) is 20.7. The van der Waals surface area contributed by atoms with Gasteiger partial charge >= 0.3 is 0 Å². The molecule has 0 spiro atoms. The van der Waals surface area contributed by atoms with Crippen LogP contribution in [0.15, 0.2) is 24.4 Å². The number of amides is 2. The maximum atomic E-state index is 13.2. The van der Waals surface area contributed by atoms with Gasteiger partial charge in [-0.2, -0.15) is 0 Å². The first-order valence-corrected chi connectivity index (χ1v) is 11.1. The molecular weight excluding hydrogens is 428 g/mol. The van der Waals surface area contributed by atoms with Crippen LogP contribution in [0.25, 0.3) is 0 Å². The van der Waals surface area contributed by atoms with E-state index >= 15 is 0 Å². The van der Waals surface area contributed by atoms with Gasteiger partial charge in [-0.15, -0.1) is 0 Å². The molecule has 0 bridgehead atoms. The number of nitrogens with zero attached hydrogens (tertiary/aromatic N) is 3. The normalized spacial score (nSPS) is 17.6. The molecule has 1 unspecified atom stereocenters. The minimum Gasteiger partial charge on any atom is -0.322 e. The molecule has 2 aliphatic rings. The minimum absolute atomic E-state index is 0.0610. The average molecular weight is 449 g/mol. The third-order valence-corrected chi connectivity index (χ3v) is 6.83. The van der Waals surface area contributed by atoms with Gasteiger partial charge in [-0.05, 0) is 24.0 Å². The van der Waals surface area contributed by atoms with E-state index in [0.29, 0.717) is 32.9 Å². The molecule has 1 aromatic heterocycles. The van der Waals surface area contributed by atoms with Crippen LogP contribution in [0.5, 0.6) is 0 Å². The van der Waals surface area contributed by atoms with Crippen molar-refractivity contribution in [3.63, 3.8) is 0 Å². The highest BCUT2D eigenvalue weighted by Crippen LogP contribution is 2.34. The number of rotatable bonds is 6. The number of fused-ring (bicyclic) bond motifs is 1. The van der Waals surface area contributed by atoms with Crippen molar-refractivity contribution in [3.8, 4) is 0 Å². The Hall–Kier alpha value is -2.52. The third-order valence-electron chi connectivity index (χ3n) is 5.80. The van der Waals surface area contributed by atoms with E-state index in [0.717, 1.165) is 37.0 Å². The van der Waals surface area contributed by atoms with Gasteiger partial charge in [-0.1, -0.05) is 55.0 Å². The molecule has 0 saturated heterocycles. The molecule has 2 amide bonds. The first-order chi connectivity index (χ1) is 14.4. The SMILES string of the molecule is O=C(Nc1ncc(Cl)s1)C(CC1CCCCC1)N1Cc2cc([N+](=O)[O-])ccc2C1=O. The summed E-state index contributed by atoms with van der Waals surface area (Å²) in [7, 11) is 0. The zero-order valence-corrected chi connectivity index (χ0v) is 17.7. The second kappa shape index (κ2) is 8.69. The van der Waals surface area contributed by atoms with Gasteiger partial charge in [-0.25, -0.2) is 4.98 Å². The van der Waals surface area contributed by atoms with Crippen LogP contribution in [0.2, 0.25) is 4.34 Å². The van der Waals surface area contributed by atoms with E-state index in [-0.39, 0.29) is 24.0 Å². The summed E-state index contributed by atoms with van der Waals surface area (Å²) in [5.74, 6) is -0.212. The van der Waals surface area contributed by atoms with Crippen molar-refractivity contribution < 1.29 is 14.5 Å². The molecule has 0 radical (unpaired) electrons. The number of nitrogens with one attached hydrogen (secondary N) is 1. The molecule has 2 heterocycles. The van der Waals surface area contributed by atoms with Gasteiger partial charge in [0.25, 0.3) is 11.6 Å². The van der Waals surface area contributed by atoms with E-state index < -0.39 is 11.0 Å². The summed E-state index contributed by atoms with van der Waals surface area (Å²) in [5, 5.41) is 14.3. The summed E-state index contributed by atoms with van der Waals surface area (Å²) in [4.78, 5) is 42.5. The van der Waals surface area contributed by atoms with Crippen molar-refractivity contribution in [2.75, 3.05) is 5.32 Å². The fraction of sp³-hybridized carbons (Fsp3) is 0.450. The lowest BCUT2D eigenvalue weighted by Gasteiger charge is -2.31. The van der Waals surface area contributed by atoms with Gasteiger partial charge in [0.1, 0.15) is 10.4 Å². The number of hydrogen-bond donors (Lipinski definition) is 1. The molecule has 1 N–H and O–H groups in total. The summed E-state index contributed by atoms with van der Waals surface area (Å²) in [6, 6.07) is 3.55. The molecule has 2 aromatic rings. The molecule has 1 fully saturated rings. The number of thiazole rings is 1. The Morgan fingerprint density at radius 3 is 2.80 bits per heavy atom. The van der Waals surface area contributed by atoms with E-state index in [1.807, 2.05) is 0 Å². The van der Waals surface area contributed by atoms with Gasteiger partial charge in [0.15, 0.2) is 5.13 Å². The van der Waals surface area contributed by atoms with Crippen molar-refractivity contribution in [2.24, 2.45) is 5.92 Å². The second-order valence-electron chi connectivity index (χ2n) is 7.75. The Morgan fingerprint density at radius 2 is 2.13 bits per heavy atom. The number of carbonyl (C=O) groups excluding carboxylic acids is 2. The molecule has 4 rings (SSSR count). The molecule has 158 valence electrons. The molecule has 1 atom stereocenters. The smallest absolute Gasteiger partial charge is 0.269 e. The summed E-state index contributed by atoms with van der Waals surface area (Å²) < 4.78 is 0.464. The van der Waals surface area contributed by atoms with Gasteiger partial charge in [0, 0.05) is 24.2 Å². The number of hydrogen-bond acceptors (Lipinski definition) is 6. The molecular formula is C20H21ClN4O4S. The van der Waals surface area contributed by atoms with E-state index in [4.69, 9.17) is 11.6 Å². The lowest BCUT2D eigenvalue weighted by atomic mass is 9.84. The van der Waals surface area contributed by atoms with Crippen molar-refractivity contribution in [1.82, 2.24) is 9.88 Å². The monoisotopic (exact) mass is 448 g/mol. The van der Waals surface area contributed by atoms with Crippen molar-refractivity contribution in [3.05, 3.63) is 50.0 Å². The number of halogens is 1. The van der Waals surface area contributed by atoms with E-state index in [1.165, 1.54) is 35.7 Å². The zero-order chi connectivity index (χ0) is 21.3. The van der Waals surface area contributed by atoms with Gasteiger partial charge < -0.3 is 10.2 Å². The lowest BCUT2D eigenvalue weighted by molar-refractivity contribution is -0.384. The molecule has 1 aliphatic heterocycles. The van der Waals surface area contributed by atoms with Gasteiger partial charge in [-0.3, -0.25) is 19.7 Å². The van der Waals surface area contributed by atoms with E-state index in [1.54, 1.807) is 0 Å². The molecule has 10 heteroatoms. The molecule has 1 saturated carbocycles. The van der Waals surface area contributed by atoms with Gasteiger partial charge in [0.05, 0.1) is 11.1 Å². The number of aromatic nitrogens is 1. The highest BCUT2D eigenvalue weighted by atomic mass is 35.5. The number of benzene rings is 1. The Balaban J connectivity index is 1.58. The van der Waals surface area contributed by atoms with Crippen molar-refractivity contribution in [1.29, 1.82) is 0 Å². The number of nitro benzene ring substituents is 1. The van der Waals surface area contributed by atoms with Crippen LogP contribution in [0.3, 0.4) is 0 Å². The minimum atomic E-state index is -0.672. The second-order valence-corrected chi connectivity index (χ2v) is 9.41. The van der Waals surface area contributed by atoms with Crippen molar-refractivity contribution >= 4 is 45.6 Å². The van der Waals surface area contributed by atoms with Crippen LogP contribution in [0, 0.1) is 16.0 Å². The summed E-state index contributed by atoms with van der Waals surface area (Å²) in [5.41, 5.74) is 0.932. The Labute approximate surface area is 182 Å². The Morgan fingerprint density at radius 1 is 1.37 bits per heavy atom. The fourth-order valence-corrected chi connectivity index (χ4v) is 5.13. The topological polar surface area (TPSA) is 105 Å². The Bertz CT molecular complexity index is 989. The molecule has 1 aromatic carbocycles. The summed E-state index contributed by atoms with van der Waals surface area (Å²) in [6.45, 7) is 0.180. The van der Waals surface area contributed by atoms with Crippen LogP contribution < -0.4 is 5.32 Å². The van der Waals surface area contributed by atoms with Gasteiger partial charge in [0.2, 0.25) is 5.91 Å². The Kier molecular flexibility index (Phi) is 6.01.